The second kappa shape index (κ2) is 5.02. The van der Waals surface area contributed by atoms with Gasteiger partial charge in [-0.2, -0.15) is 0 Å². The van der Waals surface area contributed by atoms with E-state index in [1.807, 2.05) is 0 Å². The van der Waals surface area contributed by atoms with Crippen molar-refractivity contribution in [2.75, 3.05) is 5.73 Å². The van der Waals surface area contributed by atoms with Gasteiger partial charge in [0.05, 0.1) is 12.3 Å². The Kier molecular flexibility index (Phi) is 3.59. The summed E-state index contributed by atoms with van der Waals surface area (Å²) in [5, 5.41) is 0. The predicted molar refractivity (Wildman–Crippen MR) is 68.3 cm³/mol. The molecule has 1 aromatic carbocycles. The van der Waals surface area contributed by atoms with Gasteiger partial charge in [0.25, 0.3) is 0 Å². The van der Waals surface area contributed by atoms with Gasteiger partial charge in [-0.05, 0) is 37.3 Å². The minimum Gasteiger partial charge on any atom is -0.468 e. The Morgan fingerprint density at radius 2 is 2.11 bits per heavy atom. The van der Waals surface area contributed by atoms with Gasteiger partial charge in [0.2, 0.25) is 10.0 Å². The van der Waals surface area contributed by atoms with E-state index in [4.69, 9.17) is 10.2 Å². The molecule has 1 heterocycles. The Morgan fingerprint density at radius 1 is 1.37 bits per heavy atom. The molecule has 0 aliphatic heterocycles. The quantitative estimate of drug-likeness (QED) is 0.841. The third-order valence-electron chi connectivity index (χ3n) is 2.55. The molecular formula is C12H13FN2O3S. The van der Waals surface area contributed by atoms with Crippen LogP contribution in [-0.4, -0.2) is 8.42 Å². The van der Waals surface area contributed by atoms with Gasteiger partial charge >= 0.3 is 0 Å². The summed E-state index contributed by atoms with van der Waals surface area (Å²) in [6, 6.07) is 6.04. The molecular weight excluding hydrogens is 271 g/mol. The van der Waals surface area contributed by atoms with Crippen LogP contribution in [0.15, 0.2) is 45.9 Å². The fourth-order valence-electron chi connectivity index (χ4n) is 1.62. The van der Waals surface area contributed by atoms with Crippen LogP contribution in [0.2, 0.25) is 0 Å². The lowest BCUT2D eigenvalue weighted by atomic mass is 10.3. The average molecular weight is 284 g/mol. The molecule has 2 aromatic rings. The Balaban J connectivity index is 2.30. The molecule has 3 N–H and O–H groups in total. The van der Waals surface area contributed by atoms with Crippen molar-refractivity contribution in [3.63, 3.8) is 0 Å². The third-order valence-corrected chi connectivity index (χ3v) is 4.10. The highest BCUT2D eigenvalue weighted by Crippen LogP contribution is 2.21. The van der Waals surface area contributed by atoms with Gasteiger partial charge in [0.1, 0.15) is 16.5 Å². The fourth-order valence-corrected chi connectivity index (χ4v) is 2.94. The molecule has 19 heavy (non-hydrogen) atoms. The van der Waals surface area contributed by atoms with Crippen molar-refractivity contribution in [1.29, 1.82) is 0 Å². The molecule has 0 aliphatic rings. The monoisotopic (exact) mass is 284 g/mol. The number of nitrogens with two attached hydrogens (primary N) is 1. The van der Waals surface area contributed by atoms with Crippen LogP contribution in [0.4, 0.5) is 10.1 Å². The predicted octanol–water partition coefficient (Wildman–Crippen LogP) is 2.04. The molecule has 0 spiro atoms. The normalized spacial score (nSPS) is 13.4. The minimum atomic E-state index is -4.00. The topological polar surface area (TPSA) is 85.3 Å². The van der Waals surface area contributed by atoms with Gasteiger partial charge in [-0.25, -0.2) is 17.5 Å². The smallest absolute Gasteiger partial charge is 0.244 e. The Labute approximate surface area is 110 Å². The minimum absolute atomic E-state index is 0.174. The van der Waals surface area contributed by atoms with Crippen molar-refractivity contribution in [2.45, 2.75) is 17.9 Å². The third kappa shape index (κ3) is 2.94. The largest absolute Gasteiger partial charge is 0.468 e. The van der Waals surface area contributed by atoms with E-state index in [0.29, 0.717) is 5.76 Å². The lowest BCUT2D eigenvalue weighted by molar-refractivity contribution is 0.458. The maximum atomic E-state index is 13.6. The summed E-state index contributed by atoms with van der Waals surface area (Å²) >= 11 is 0. The van der Waals surface area contributed by atoms with Crippen LogP contribution >= 0.6 is 0 Å². The Morgan fingerprint density at radius 3 is 2.74 bits per heavy atom. The van der Waals surface area contributed by atoms with Crippen LogP contribution in [0.5, 0.6) is 0 Å². The van der Waals surface area contributed by atoms with Crippen LogP contribution in [0.1, 0.15) is 18.7 Å². The first-order chi connectivity index (χ1) is 8.90. The molecule has 0 saturated heterocycles. The summed E-state index contributed by atoms with van der Waals surface area (Å²) < 4.78 is 45.1. The average Bonchev–Trinajstić information content (AvgIpc) is 2.85. The lowest BCUT2D eigenvalue weighted by Gasteiger charge is -2.12. The lowest BCUT2D eigenvalue weighted by Crippen LogP contribution is -2.27. The first-order valence-electron chi connectivity index (χ1n) is 5.51. The van der Waals surface area contributed by atoms with Gasteiger partial charge in [0, 0.05) is 5.69 Å². The second-order valence-corrected chi connectivity index (χ2v) is 5.73. The Hall–Kier alpha value is -1.86. The summed E-state index contributed by atoms with van der Waals surface area (Å²) in [6.45, 7) is 1.60. The molecule has 0 bridgehead atoms. The SMILES string of the molecule is CC(NS(=O)(=O)c1cc(N)ccc1F)c1ccco1. The molecule has 5 nitrogen and oxygen atoms in total. The molecule has 0 fully saturated rings. The zero-order chi connectivity index (χ0) is 14.0. The first-order valence-corrected chi connectivity index (χ1v) is 6.99. The van der Waals surface area contributed by atoms with Gasteiger partial charge in [-0.3, -0.25) is 0 Å². The molecule has 7 heteroatoms. The molecule has 1 unspecified atom stereocenters. The van der Waals surface area contributed by atoms with Crippen molar-refractivity contribution < 1.29 is 17.2 Å². The van der Waals surface area contributed by atoms with E-state index < -0.39 is 26.8 Å². The highest BCUT2D eigenvalue weighted by Gasteiger charge is 2.23. The van der Waals surface area contributed by atoms with Crippen molar-refractivity contribution >= 4 is 15.7 Å². The van der Waals surface area contributed by atoms with Gasteiger partial charge in [0.15, 0.2) is 0 Å². The van der Waals surface area contributed by atoms with Crippen LogP contribution in [0.3, 0.4) is 0 Å². The standard InChI is InChI=1S/C12H13FN2O3S/c1-8(11-3-2-6-18-11)15-19(16,17)12-7-9(14)4-5-10(12)13/h2-8,15H,14H2,1H3. The van der Waals surface area contributed by atoms with E-state index in [2.05, 4.69) is 4.72 Å². The van der Waals surface area contributed by atoms with Crippen LogP contribution in [0.25, 0.3) is 0 Å². The number of furan rings is 1. The fraction of sp³-hybridized carbons (Fsp3) is 0.167. The van der Waals surface area contributed by atoms with Crippen molar-refractivity contribution in [3.05, 3.63) is 48.2 Å². The zero-order valence-corrected chi connectivity index (χ0v) is 10.9. The van der Waals surface area contributed by atoms with Crippen molar-refractivity contribution in [3.8, 4) is 0 Å². The molecule has 0 aliphatic carbocycles. The Bertz CT molecular complexity index is 668. The van der Waals surface area contributed by atoms with Crippen LogP contribution in [-0.2, 0) is 10.0 Å². The van der Waals surface area contributed by atoms with E-state index in [0.717, 1.165) is 12.1 Å². The van der Waals surface area contributed by atoms with Gasteiger partial charge < -0.3 is 10.2 Å². The number of rotatable bonds is 4. The van der Waals surface area contributed by atoms with Crippen LogP contribution in [0, 0.1) is 5.82 Å². The summed E-state index contributed by atoms with van der Waals surface area (Å²) in [7, 11) is -4.00. The van der Waals surface area contributed by atoms with Crippen LogP contribution < -0.4 is 10.5 Å². The van der Waals surface area contributed by atoms with Crippen molar-refractivity contribution in [1.82, 2.24) is 4.72 Å². The second-order valence-electron chi connectivity index (χ2n) is 4.05. The van der Waals surface area contributed by atoms with E-state index in [1.165, 1.54) is 12.3 Å². The van der Waals surface area contributed by atoms with E-state index in [-0.39, 0.29) is 5.69 Å². The molecule has 0 saturated carbocycles. The summed E-state index contributed by atoms with van der Waals surface area (Å²) in [6.07, 6.45) is 1.43. The highest BCUT2D eigenvalue weighted by molar-refractivity contribution is 7.89. The van der Waals surface area contributed by atoms with Crippen molar-refractivity contribution in [2.24, 2.45) is 0 Å². The molecule has 0 radical (unpaired) electrons. The number of sulfonamides is 1. The molecule has 0 amide bonds. The van der Waals surface area contributed by atoms with Gasteiger partial charge in [-0.1, -0.05) is 0 Å². The number of nitrogens with one attached hydrogen (secondary N) is 1. The molecule has 2 rings (SSSR count). The highest BCUT2D eigenvalue weighted by atomic mass is 32.2. The number of benzene rings is 1. The zero-order valence-electron chi connectivity index (χ0n) is 10.1. The maximum Gasteiger partial charge on any atom is 0.244 e. The summed E-state index contributed by atoms with van der Waals surface area (Å²) in [4.78, 5) is -0.481. The van der Waals surface area contributed by atoms with E-state index in [1.54, 1.807) is 19.1 Å². The number of hydrogen-bond donors (Lipinski definition) is 2. The summed E-state index contributed by atoms with van der Waals surface area (Å²) in [5.74, 6) is -0.416. The number of anilines is 1. The summed E-state index contributed by atoms with van der Waals surface area (Å²) in [5.41, 5.74) is 5.65. The molecule has 1 aromatic heterocycles. The van der Waals surface area contributed by atoms with E-state index in [9.17, 15) is 12.8 Å². The van der Waals surface area contributed by atoms with Gasteiger partial charge in [-0.15, -0.1) is 0 Å². The maximum absolute atomic E-state index is 13.6. The number of hydrogen-bond acceptors (Lipinski definition) is 4. The molecule has 1 atom stereocenters. The van der Waals surface area contributed by atoms with E-state index >= 15 is 0 Å². The number of halogens is 1. The first kappa shape index (κ1) is 13.6. The molecule has 102 valence electrons. The number of nitrogen functional groups attached to an aromatic ring is 1.